The Labute approximate surface area is 154 Å². The Balaban J connectivity index is 1.61. The first-order valence-corrected chi connectivity index (χ1v) is 10.2. The van der Waals surface area contributed by atoms with Crippen molar-refractivity contribution in [2.24, 2.45) is 0 Å². The summed E-state index contributed by atoms with van der Waals surface area (Å²) < 4.78 is 32.3. The van der Waals surface area contributed by atoms with E-state index in [4.69, 9.17) is 4.42 Å². The minimum atomic E-state index is -3.48. The highest BCUT2D eigenvalue weighted by molar-refractivity contribution is 7.89. The zero-order chi connectivity index (χ0) is 18.9. The van der Waals surface area contributed by atoms with Crippen LogP contribution < -0.4 is 5.32 Å². The SMILES string of the molecule is Cc1ccc(S(=O)(=O)N2CCC(NC(=O)c3cc(C)oc3C)CC2)cc1. The molecule has 0 spiro atoms. The van der Waals surface area contributed by atoms with Gasteiger partial charge in [0.05, 0.1) is 10.5 Å². The first-order valence-electron chi connectivity index (χ1n) is 8.72. The van der Waals surface area contributed by atoms with E-state index < -0.39 is 10.0 Å². The molecule has 1 amide bonds. The van der Waals surface area contributed by atoms with Crippen LogP contribution in [0.25, 0.3) is 0 Å². The lowest BCUT2D eigenvalue weighted by atomic mass is 10.1. The van der Waals surface area contributed by atoms with Crippen molar-refractivity contribution in [3.8, 4) is 0 Å². The predicted octanol–water partition coefficient (Wildman–Crippen LogP) is 2.79. The molecule has 0 bridgehead atoms. The molecule has 0 atom stereocenters. The van der Waals surface area contributed by atoms with Gasteiger partial charge in [0.1, 0.15) is 11.5 Å². The molecule has 1 aromatic carbocycles. The van der Waals surface area contributed by atoms with Crippen LogP contribution in [0.1, 0.15) is 40.3 Å². The monoisotopic (exact) mass is 376 g/mol. The van der Waals surface area contributed by atoms with Gasteiger partial charge in [-0.2, -0.15) is 4.31 Å². The Morgan fingerprint density at radius 3 is 2.27 bits per heavy atom. The van der Waals surface area contributed by atoms with Crippen LogP contribution in [-0.2, 0) is 10.0 Å². The van der Waals surface area contributed by atoms with Crippen molar-refractivity contribution in [1.29, 1.82) is 0 Å². The minimum Gasteiger partial charge on any atom is -0.466 e. The Morgan fingerprint density at radius 2 is 1.73 bits per heavy atom. The van der Waals surface area contributed by atoms with Gasteiger partial charge in [-0.3, -0.25) is 4.79 Å². The zero-order valence-electron chi connectivity index (χ0n) is 15.3. The van der Waals surface area contributed by atoms with Crippen molar-refractivity contribution in [1.82, 2.24) is 9.62 Å². The average molecular weight is 376 g/mol. The number of amides is 1. The van der Waals surface area contributed by atoms with Gasteiger partial charge in [0.25, 0.3) is 5.91 Å². The summed E-state index contributed by atoms with van der Waals surface area (Å²) in [5, 5.41) is 2.99. The van der Waals surface area contributed by atoms with Crippen molar-refractivity contribution < 1.29 is 17.6 Å². The van der Waals surface area contributed by atoms with E-state index in [1.54, 1.807) is 44.2 Å². The first-order chi connectivity index (χ1) is 12.3. The van der Waals surface area contributed by atoms with Crippen LogP contribution >= 0.6 is 0 Å². The lowest BCUT2D eigenvalue weighted by Gasteiger charge is -2.31. The van der Waals surface area contributed by atoms with Gasteiger partial charge in [0.2, 0.25) is 10.0 Å². The third kappa shape index (κ3) is 3.83. The normalized spacial score (nSPS) is 16.6. The summed E-state index contributed by atoms with van der Waals surface area (Å²) in [6.45, 7) is 6.28. The standard InChI is InChI=1S/C19H24N2O4S/c1-13-4-6-17(7-5-13)26(23,24)21-10-8-16(9-11-21)20-19(22)18-12-14(2)25-15(18)3/h4-7,12,16H,8-11H2,1-3H3,(H,20,22). The highest BCUT2D eigenvalue weighted by Gasteiger charge is 2.30. The highest BCUT2D eigenvalue weighted by atomic mass is 32.2. The number of carbonyl (C=O) groups excluding carboxylic acids is 1. The van der Waals surface area contributed by atoms with E-state index >= 15 is 0 Å². The molecule has 0 aliphatic carbocycles. The fraction of sp³-hybridized carbons (Fsp3) is 0.421. The molecule has 1 aliphatic heterocycles. The van der Waals surface area contributed by atoms with Gasteiger partial charge in [0, 0.05) is 19.1 Å². The van der Waals surface area contributed by atoms with Crippen LogP contribution in [-0.4, -0.2) is 37.8 Å². The number of nitrogens with zero attached hydrogens (tertiary/aromatic N) is 1. The summed E-state index contributed by atoms with van der Waals surface area (Å²) in [7, 11) is -3.48. The molecule has 6 nitrogen and oxygen atoms in total. The van der Waals surface area contributed by atoms with E-state index in [0.29, 0.717) is 47.9 Å². The minimum absolute atomic E-state index is 0.0402. The summed E-state index contributed by atoms with van der Waals surface area (Å²) in [5.74, 6) is 1.13. The van der Waals surface area contributed by atoms with E-state index in [1.165, 1.54) is 4.31 Å². The van der Waals surface area contributed by atoms with Crippen LogP contribution in [0.2, 0.25) is 0 Å². The quantitative estimate of drug-likeness (QED) is 0.890. The zero-order valence-corrected chi connectivity index (χ0v) is 16.1. The molecular formula is C19H24N2O4S. The molecule has 1 aliphatic rings. The third-order valence-corrected chi connectivity index (χ3v) is 6.65. The van der Waals surface area contributed by atoms with Gasteiger partial charge in [-0.25, -0.2) is 8.42 Å². The van der Waals surface area contributed by atoms with Crippen LogP contribution in [0.15, 0.2) is 39.6 Å². The summed E-state index contributed by atoms with van der Waals surface area (Å²) in [6, 6.07) is 8.57. The number of piperidine rings is 1. The van der Waals surface area contributed by atoms with Crippen LogP contribution in [0.3, 0.4) is 0 Å². The van der Waals surface area contributed by atoms with Crippen molar-refractivity contribution in [2.45, 2.75) is 44.6 Å². The molecule has 2 heterocycles. The van der Waals surface area contributed by atoms with Crippen molar-refractivity contribution >= 4 is 15.9 Å². The summed E-state index contributed by atoms with van der Waals surface area (Å²) >= 11 is 0. The van der Waals surface area contributed by atoms with E-state index in [9.17, 15) is 13.2 Å². The predicted molar refractivity (Wildman–Crippen MR) is 98.6 cm³/mol. The van der Waals surface area contributed by atoms with Gasteiger partial charge >= 0.3 is 0 Å². The molecule has 0 unspecified atom stereocenters. The Bertz CT molecular complexity index is 892. The van der Waals surface area contributed by atoms with Crippen LogP contribution in [0.5, 0.6) is 0 Å². The Hall–Kier alpha value is -2.12. The number of hydrogen-bond donors (Lipinski definition) is 1. The maximum absolute atomic E-state index is 12.7. The molecule has 3 rings (SSSR count). The molecule has 1 fully saturated rings. The number of aryl methyl sites for hydroxylation is 3. The second-order valence-electron chi connectivity index (χ2n) is 6.79. The maximum atomic E-state index is 12.7. The molecule has 1 N–H and O–H groups in total. The molecule has 26 heavy (non-hydrogen) atoms. The molecule has 0 radical (unpaired) electrons. The summed E-state index contributed by atoms with van der Waals surface area (Å²) in [4.78, 5) is 12.7. The second-order valence-corrected chi connectivity index (χ2v) is 8.73. The number of benzene rings is 1. The lowest BCUT2D eigenvalue weighted by molar-refractivity contribution is 0.0922. The largest absolute Gasteiger partial charge is 0.466 e. The van der Waals surface area contributed by atoms with Gasteiger partial charge in [-0.05, 0) is 51.8 Å². The van der Waals surface area contributed by atoms with Crippen molar-refractivity contribution in [3.05, 3.63) is 53.0 Å². The van der Waals surface area contributed by atoms with Gasteiger partial charge in [-0.15, -0.1) is 0 Å². The number of furan rings is 1. The van der Waals surface area contributed by atoms with Crippen molar-refractivity contribution in [3.63, 3.8) is 0 Å². The van der Waals surface area contributed by atoms with E-state index in [2.05, 4.69) is 5.32 Å². The molecule has 7 heteroatoms. The fourth-order valence-corrected chi connectivity index (χ4v) is 4.69. The van der Waals surface area contributed by atoms with Crippen molar-refractivity contribution in [2.75, 3.05) is 13.1 Å². The molecule has 1 aromatic heterocycles. The highest BCUT2D eigenvalue weighted by Crippen LogP contribution is 2.22. The first kappa shape index (κ1) is 18.7. The number of carbonyl (C=O) groups is 1. The topological polar surface area (TPSA) is 79.6 Å². The maximum Gasteiger partial charge on any atom is 0.255 e. The second kappa shape index (κ2) is 7.25. The number of nitrogens with one attached hydrogen (secondary N) is 1. The molecule has 0 saturated carbocycles. The Morgan fingerprint density at radius 1 is 1.12 bits per heavy atom. The average Bonchev–Trinajstić information content (AvgIpc) is 2.94. The molecule has 140 valence electrons. The van der Waals surface area contributed by atoms with Gasteiger partial charge in [0.15, 0.2) is 0 Å². The summed E-state index contributed by atoms with van der Waals surface area (Å²) in [6.07, 6.45) is 1.18. The van der Waals surface area contributed by atoms with E-state index in [1.807, 2.05) is 6.92 Å². The fourth-order valence-electron chi connectivity index (χ4n) is 3.22. The van der Waals surface area contributed by atoms with Crippen LogP contribution in [0, 0.1) is 20.8 Å². The molecular weight excluding hydrogens is 352 g/mol. The number of sulfonamides is 1. The third-order valence-electron chi connectivity index (χ3n) is 4.73. The van der Waals surface area contributed by atoms with E-state index in [-0.39, 0.29) is 11.9 Å². The number of hydrogen-bond acceptors (Lipinski definition) is 4. The molecule has 1 saturated heterocycles. The van der Waals surface area contributed by atoms with E-state index in [0.717, 1.165) is 5.56 Å². The van der Waals surface area contributed by atoms with Gasteiger partial charge < -0.3 is 9.73 Å². The van der Waals surface area contributed by atoms with Gasteiger partial charge in [-0.1, -0.05) is 17.7 Å². The lowest BCUT2D eigenvalue weighted by Crippen LogP contribution is -2.46. The smallest absolute Gasteiger partial charge is 0.255 e. The number of rotatable bonds is 4. The Kier molecular flexibility index (Phi) is 5.20. The molecule has 2 aromatic rings. The summed E-state index contributed by atoms with van der Waals surface area (Å²) in [5.41, 5.74) is 1.56. The van der Waals surface area contributed by atoms with Crippen LogP contribution in [0.4, 0.5) is 0 Å².